The average molecular weight is 441 g/mol. The van der Waals surface area contributed by atoms with Gasteiger partial charge in [-0.2, -0.15) is 4.31 Å². The van der Waals surface area contributed by atoms with Crippen LogP contribution in [0.1, 0.15) is 16.0 Å². The van der Waals surface area contributed by atoms with Crippen LogP contribution in [-0.2, 0) is 23.0 Å². The molecule has 0 spiro atoms. The number of aromatic nitrogens is 1. The number of thiophene rings is 1. The van der Waals surface area contributed by atoms with E-state index in [2.05, 4.69) is 4.98 Å². The fraction of sp³-hybridized carbons (Fsp3) is 0.211. The van der Waals surface area contributed by atoms with E-state index in [1.807, 2.05) is 23.6 Å². The average Bonchev–Trinajstić information content (AvgIpc) is 3.15. The van der Waals surface area contributed by atoms with Gasteiger partial charge in [-0.3, -0.25) is 4.98 Å². The molecule has 1 aromatic carbocycles. The second-order valence-electron chi connectivity index (χ2n) is 6.06. The SMILES string of the molecule is Cc1cc(S(=O)(=O)N(CCc2cccs2)Cc2cccnc2)c(Cl)cc1Cl. The maximum absolute atomic E-state index is 13.4. The summed E-state index contributed by atoms with van der Waals surface area (Å²) < 4.78 is 28.2. The van der Waals surface area contributed by atoms with Gasteiger partial charge in [0.2, 0.25) is 10.0 Å². The molecule has 0 fully saturated rings. The molecule has 142 valence electrons. The minimum absolute atomic E-state index is 0.0705. The monoisotopic (exact) mass is 440 g/mol. The first-order valence-corrected chi connectivity index (χ1v) is 11.3. The molecular weight excluding hydrogens is 423 g/mol. The Balaban J connectivity index is 1.95. The standard InChI is InChI=1S/C19H18Cl2N2O2S2/c1-14-10-19(18(21)11-17(14)20)27(24,25)23(8-6-16-5-3-9-26-16)13-15-4-2-7-22-12-15/h2-5,7,9-12H,6,8,13H2,1H3. The number of halogens is 2. The lowest BCUT2D eigenvalue weighted by atomic mass is 10.2. The molecule has 0 unspecified atom stereocenters. The van der Waals surface area contributed by atoms with E-state index in [-0.39, 0.29) is 16.5 Å². The number of nitrogens with zero attached hydrogens (tertiary/aromatic N) is 2. The van der Waals surface area contributed by atoms with E-state index in [0.717, 1.165) is 10.4 Å². The van der Waals surface area contributed by atoms with Gasteiger partial charge in [0.15, 0.2) is 0 Å². The topological polar surface area (TPSA) is 50.3 Å². The number of hydrogen-bond donors (Lipinski definition) is 0. The highest BCUT2D eigenvalue weighted by Crippen LogP contribution is 2.31. The molecule has 4 nitrogen and oxygen atoms in total. The molecule has 8 heteroatoms. The Labute approximate surface area is 173 Å². The van der Waals surface area contributed by atoms with Gasteiger partial charge >= 0.3 is 0 Å². The van der Waals surface area contributed by atoms with E-state index in [9.17, 15) is 8.42 Å². The minimum atomic E-state index is -3.80. The highest BCUT2D eigenvalue weighted by Gasteiger charge is 2.27. The van der Waals surface area contributed by atoms with Crippen LogP contribution in [0, 0.1) is 6.92 Å². The van der Waals surface area contributed by atoms with Crippen molar-refractivity contribution in [3.05, 3.63) is 80.2 Å². The zero-order chi connectivity index (χ0) is 19.4. The Kier molecular flexibility index (Phi) is 6.55. The van der Waals surface area contributed by atoms with Crippen molar-refractivity contribution in [1.29, 1.82) is 0 Å². The molecule has 2 heterocycles. The van der Waals surface area contributed by atoms with Gasteiger partial charge in [0.1, 0.15) is 4.90 Å². The Morgan fingerprint density at radius 3 is 2.63 bits per heavy atom. The van der Waals surface area contributed by atoms with Gasteiger partial charge in [-0.25, -0.2) is 8.42 Å². The number of hydrogen-bond acceptors (Lipinski definition) is 4. The summed E-state index contributed by atoms with van der Waals surface area (Å²) in [4.78, 5) is 5.28. The summed E-state index contributed by atoms with van der Waals surface area (Å²) in [6, 6.07) is 10.6. The number of rotatable bonds is 7. The molecular formula is C19H18Cl2N2O2S2. The summed E-state index contributed by atoms with van der Waals surface area (Å²) in [6.07, 6.45) is 3.96. The molecule has 0 aliphatic heterocycles. The molecule has 0 aliphatic carbocycles. The van der Waals surface area contributed by atoms with Crippen LogP contribution in [0.3, 0.4) is 0 Å². The molecule has 0 amide bonds. The summed E-state index contributed by atoms with van der Waals surface area (Å²) in [5.41, 5.74) is 1.48. The van der Waals surface area contributed by atoms with Crippen LogP contribution in [0.4, 0.5) is 0 Å². The highest BCUT2D eigenvalue weighted by atomic mass is 35.5. The van der Waals surface area contributed by atoms with Crippen molar-refractivity contribution < 1.29 is 8.42 Å². The van der Waals surface area contributed by atoms with Crippen molar-refractivity contribution in [2.75, 3.05) is 6.54 Å². The lowest BCUT2D eigenvalue weighted by Crippen LogP contribution is -2.32. The van der Waals surface area contributed by atoms with E-state index >= 15 is 0 Å². The number of pyridine rings is 1. The Morgan fingerprint density at radius 1 is 1.15 bits per heavy atom. The van der Waals surface area contributed by atoms with Gasteiger partial charge in [-0.1, -0.05) is 35.3 Å². The highest BCUT2D eigenvalue weighted by molar-refractivity contribution is 7.89. The molecule has 0 saturated carbocycles. The Morgan fingerprint density at radius 2 is 1.96 bits per heavy atom. The third kappa shape index (κ3) is 4.89. The third-order valence-corrected chi connectivity index (χ3v) is 7.75. The molecule has 27 heavy (non-hydrogen) atoms. The van der Waals surface area contributed by atoms with Crippen LogP contribution in [0.25, 0.3) is 0 Å². The first-order chi connectivity index (χ1) is 12.9. The molecule has 0 atom stereocenters. The van der Waals surface area contributed by atoms with Crippen molar-refractivity contribution in [3.63, 3.8) is 0 Å². The predicted molar refractivity (Wildman–Crippen MR) is 111 cm³/mol. The second kappa shape index (κ2) is 8.71. The van der Waals surface area contributed by atoms with Crippen molar-refractivity contribution in [1.82, 2.24) is 9.29 Å². The van der Waals surface area contributed by atoms with Gasteiger partial charge < -0.3 is 0 Å². The molecule has 2 aromatic heterocycles. The first kappa shape index (κ1) is 20.3. The maximum Gasteiger partial charge on any atom is 0.244 e. The third-order valence-electron chi connectivity index (χ3n) is 4.10. The fourth-order valence-electron chi connectivity index (χ4n) is 2.64. The van der Waals surface area contributed by atoms with Crippen LogP contribution < -0.4 is 0 Å². The summed E-state index contributed by atoms with van der Waals surface area (Å²) in [5, 5.41) is 2.54. The van der Waals surface area contributed by atoms with Gasteiger partial charge in [-0.05, 0) is 54.1 Å². The van der Waals surface area contributed by atoms with Crippen LogP contribution in [-0.4, -0.2) is 24.3 Å². The van der Waals surface area contributed by atoms with Crippen molar-refractivity contribution >= 4 is 44.6 Å². The summed E-state index contributed by atoms with van der Waals surface area (Å²) >= 11 is 13.9. The molecule has 3 rings (SSSR count). The molecule has 3 aromatic rings. The normalized spacial score (nSPS) is 11.9. The lowest BCUT2D eigenvalue weighted by molar-refractivity contribution is 0.410. The molecule has 0 radical (unpaired) electrons. The van der Waals surface area contributed by atoms with E-state index in [0.29, 0.717) is 23.6 Å². The van der Waals surface area contributed by atoms with Crippen molar-refractivity contribution in [2.45, 2.75) is 24.8 Å². The zero-order valence-corrected chi connectivity index (χ0v) is 17.7. The van der Waals surface area contributed by atoms with E-state index in [1.54, 1.807) is 36.7 Å². The predicted octanol–water partition coefficient (Wildman–Crippen LogP) is 5.19. The second-order valence-corrected chi connectivity index (χ2v) is 9.81. The molecule has 0 saturated heterocycles. The van der Waals surface area contributed by atoms with E-state index < -0.39 is 10.0 Å². The van der Waals surface area contributed by atoms with E-state index in [4.69, 9.17) is 23.2 Å². The number of sulfonamides is 1. The Hall–Kier alpha value is -1.44. The number of benzene rings is 1. The van der Waals surface area contributed by atoms with Crippen LogP contribution in [0.15, 0.2) is 59.1 Å². The molecule has 0 aliphatic rings. The van der Waals surface area contributed by atoms with E-state index in [1.165, 1.54) is 16.4 Å². The largest absolute Gasteiger partial charge is 0.264 e. The minimum Gasteiger partial charge on any atom is -0.264 e. The van der Waals surface area contributed by atoms with Crippen molar-refractivity contribution in [2.24, 2.45) is 0 Å². The number of aryl methyl sites for hydroxylation is 1. The fourth-order valence-corrected chi connectivity index (χ4v) is 5.57. The molecule has 0 N–H and O–H groups in total. The van der Waals surface area contributed by atoms with Crippen LogP contribution >= 0.6 is 34.5 Å². The smallest absolute Gasteiger partial charge is 0.244 e. The lowest BCUT2D eigenvalue weighted by Gasteiger charge is -2.23. The van der Waals surface area contributed by atoms with Crippen LogP contribution in [0.2, 0.25) is 10.0 Å². The van der Waals surface area contributed by atoms with Crippen molar-refractivity contribution in [3.8, 4) is 0 Å². The first-order valence-electron chi connectivity index (χ1n) is 8.25. The van der Waals surface area contributed by atoms with Gasteiger partial charge in [0.05, 0.1) is 5.02 Å². The van der Waals surface area contributed by atoms with Gasteiger partial charge in [0.25, 0.3) is 0 Å². The summed E-state index contributed by atoms with van der Waals surface area (Å²) in [7, 11) is -3.80. The van der Waals surface area contributed by atoms with Gasteiger partial charge in [-0.15, -0.1) is 11.3 Å². The van der Waals surface area contributed by atoms with Gasteiger partial charge in [0, 0.05) is 35.4 Å². The Bertz CT molecular complexity index is 1010. The zero-order valence-electron chi connectivity index (χ0n) is 14.6. The summed E-state index contributed by atoms with van der Waals surface area (Å²) in [5.74, 6) is 0. The van der Waals surface area contributed by atoms with Crippen LogP contribution in [0.5, 0.6) is 0 Å². The summed E-state index contributed by atoms with van der Waals surface area (Å²) in [6.45, 7) is 2.32. The quantitative estimate of drug-likeness (QED) is 0.507. The molecule has 0 bridgehead atoms. The maximum atomic E-state index is 13.4.